The summed E-state index contributed by atoms with van der Waals surface area (Å²) in [6.45, 7) is 2.10. The summed E-state index contributed by atoms with van der Waals surface area (Å²) in [6, 6.07) is 6.71. The van der Waals surface area contributed by atoms with E-state index in [1.807, 2.05) is 12.3 Å². The largest absolute Gasteiger partial charge is 0.455 e. The topological polar surface area (TPSA) is 65.2 Å². The maximum absolute atomic E-state index is 11.7. The van der Waals surface area contributed by atoms with E-state index in [-0.39, 0.29) is 12.6 Å². The van der Waals surface area contributed by atoms with E-state index in [9.17, 15) is 4.79 Å². The quantitative estimate of drug-likeness (QED) is 0.669. The van der Waals surface area contributed by atoms with Crippen LogP contribution in [-0.4, -0.2) is 11.0 Å². The van der Waals surface area contributed by atoms with Crippen molar-refractivity contribution < 1.29 is 9.53 Å². The molecule has 0 unspecified atom stereocenters. The summed E-state index contributed by atoms with van der Waals surface area (Å²) < 4.78 is 5.14. The summed E-state index contributed by atoms with van der Waals surface area (Å²) in [6.07, 6.45) is 0. The molecular formula is C12H12N2O2S. The third-order valence-corrected chi connectivity index (χ3v) is 3.06. The van der Waals surface area contributed by atoms with Gasteiger partial charge in [0.15, 0.2) is 0 Å². The van der Waals surface area contributed by atoms with Crippen molar-refractivity contribution in [2.45, 2.75) is 13.5 Å². The highest BCUT2D eigenvalue weighted by Crippen LogP contribution is 2.12. The number of rotatable bonds is 3. The van der Waals surface area contributed by atoms with E-state index >= 15 is 0 Å². The zero-order chi connectivity index (χ0) is 12.3. The first-order chi connectivity index (χ1) is 8.15. The number of hydrogen-bond donors (Lipinski definition) is 1. The fourth-order valence-corrected chi connectivity index (χ4v) is 2.03. The SMILES string of the molecule is Cc1csc(COC(=O)c2cccc(N)c2)n1. The average molecular weight is 248 g/mol. The number of nitrogen functional groups attached to an aromatic ring is 1. The molecule has 0 spiro atoms. The molecule has 2 aromatic rings. The molecule has 5 heteroatoms. The van der Waals surface area contributed by atoms with E-state index in [1.165, 1.54) is 11.3 Å². The molecule has 0 fully saturated rings. The maximum Gasteiger partial charge on any atom is 0.338 e. The lowest BCUT2D eigenvalue weighted by atomic mass is 10.2. The maximum atomic E-state index is 11.7. The third kappa shape index (κ3) is 3.04. The van der Waals surface area contributed by atoms with Gasteiger partial charge in [-0.05, 0) is 25.1 Å². The monoisotopic (exact) mass is 248 g/mol. The van der Waals surface area contributed by atoms with Crippen LogP contribution in [0.25, 0.3) is 0 Å². The lowest BCUT2D eigenvalue weighted by Crippen LogP contribution is -2.05. The molecule has 0 saturated heterocycles. The van der Waals surface area contributed by atoms with Crippen molar-refractivity contribution in [3.63, 3.8) is 0 Å². The van der Waals surface area contributed by atoms with Crippen LogP contribution in [0.1, 0.15) is 21.1 Å². The number of thiazole rings is 1. The van der Waals surface area contributed by atoms with Crippen molar-refractivity contribution in [1.29, 1.82) is 0 Å². The molecule has 2 N–H and O–H groups in total. The van der Waals surface area contributed by atoms with Crippen molar-refractivity contribution in [2.24, 2.45) is 0 Å². The van der Waals surface area contributed by atoms with E-state index in [4.69, 9.17) is 10.5 Å². The van der Waals surface area contributed by atoms with Gasteiger partial charge in [0, 0.05) is 16.8 Å². The van der Waals surface area contributed by atoms with Gasteiger partial charge in [-0.3, -0.25) is 0 Å². The first kappa shape index (κ1) is 11.6. The lowest BCUT2D eigenvalue weighted by Gasteiger charge is -2.03. The number of aromatic nitrogens is 1. The van der Waals surface area contributed by atoms with Gasteiger partial charge >= 0.3 is 5.97 Å². The van der Waals surface area contributed by atoms with Crippen LogP contribution in [0.3, 0.4) is 0 Å². The molecule has 0 amide bonds. The van der Waals surface area contributed by atoms with Gasteiger partial charge in [0.25, 0.3) is 0 Å². The number of benzene rings is 1. The van der Waals surface area contributed by atoms with E-state index < -0.39 is 0 Å². The van der Waals surface area contributed by atoms with E-state index in [0.29, 0.717) is 11.3 Å². The first-order valence-corrected chi connectivity index (χ1v) is 5.97. The molecular weight excluding hydrogens is 236 g/mol. The predicted octanol–water partition coefficient (Wildman–Crippen LogP) is 2.39. The highest BCUT2D eigenvalue weighted by Gasteiger charge is 2.08. The molecule has 88 valence electrons. The van der Waals surface area contributed by atoms with E-state index in [1.54, 1.807) is 24.3 Å². The molecule has 0 aliphatic heterocycles. The second-order valence-electron chi connectivity index (χ2n) is 3.58. The fourth-order valence-electron chi connectivity index (χ4n) is 1.35. The average Bonchev–Trinajstić information content (AvgIpc) is 2.72. The summed E-state index contributed by atoms with van der Waals surface area (Å²) >= 11 is 1.48. The Balaban J connectivity index is 1.98. The molecule has 1 aromatic carbocycles. The standard InChI is InChI=1S/C12H12N2O2S/c1-8-7-17-11(14-8)6-16-12(15)9-3-2-4-10(13)5-9/h2-5,7H,6,13H2,1H3. The minimum atomic E-state index is -0.384. The van der Waals surface area contributed by atoms with Gasteiger partial charge in [0.2, 0.25) is 0 Å². The molecule has 1 aromatic heterocycles. The molecule has 0 bridgehead atoms. The summed E-state index contributed by atoms with van der Waals surface area (Å²) in [5.74, 6) is -0.384. The summed E-state index contributed by atoms with van der Waals surface area (Å²) in [5.41, 5.74) is 7.53. The Hall–Kier alpha value is -1.88. The van der Waals surface area contributed by atoms with Crippen LogP contribution in [0.15, 0.2) is 29.6 Å². The van der Waals surface area contributed by atoms with Gasteiger partial charge in [0.1, 0.15) is 11.6 Å². The number of carbonyl (C=O) groups excluding carboxylic acids is 1. The second kappa shape index (κ2) is 4.97. The van der Waals surface area contributed by atoms with Crippen LogP contribution in [0.4, 0.5) is 5.69 Å². The molecule has 0 atom stereocenters. The van der Waals surface area contributed by atoms with Gasteiger partial charge in [-0.1, -0.05) is 6.07 Å². The molecule has 0 radical (unpaired) electrons. The minimum absolute atomic E-state index is 0.201. The fraction of sp³-hybridized carbons (Fsp3) is 0.167. The van der Waals surface area contributed by atoms with E-state index in [0.717, 1.165) is 10.7 Å². The number of esters is 1. The molecule has 2 rings (SSSR count). The Morgan fingerprint density at radius 1 is 1.53 bits per heavy atom. The van der Waals surface area contributed by atoms with Gasteiger partial charge in [-0.15, -0.1) is 11.3 Å². The van der Waals surface area contributed by atoms with Crippen molar-refractivity contribution in [3.8, 4) is 0 Å². The highest BCUT2D eigenvalue weighted by atomic mass is 32.1. The number of hydrogen-bond acceptors (Lipinski definition) is 5. The Morgan fingerprint density at radius 2 is 2.35 bits per heavy atom. The van der Waals surface area contributed by atoms with Gasteiger partial charge in [-0.25, -0.2) is 9.78 Å². The third-order valence-electron chi connectivity index (χ3n) is 2.12. The van der Waals surface area contributed by atoms with E-state index in [2.05, 4.69) is 4.98 Å². The molecule has 0 saturated carbocycles. The van der Waals surface area contributed by atoms with Crippen LogP contribution in [0.5, 0.6) is 0 Å². The zero-order valence-electron chi connectivity index (χ0n) is 9.34. The van der Waals surface area contributed by atoms with Gasteiger partial charge in [-0.2, -0.15) is 0 Å². The van der Waals surface area contributed by atoms with Crippen LogP contribution in [-0.2, 0) is 11.3 Å². The zero-order valence-corrected chi connectivity index (χ0v) is 10.2. The Kier molecular flexibility index (Phi) is 3.39. The predicted molar refractivity (Wildman–Crippen MR) is 66.8 cm³/mol. The molecule has 0 aliphatic rings. The first-order valence-electron chi connectivity index (χ1n) is 5.09. The number of ether oxygens (including phenoxy) is 1. The van der Waals surface area contributed by atoms with Crippen LogP contribution >= 0.6 is 11.3 Å². The van der Waals surface area contributed by atoms with Crippen molar-refractivity contribution in [2.75, 3.05) is 5.73 Å². The number of nitrogens with two attached hydrogens (primary N) is 1. The van der Waals surface area contributed by atoms with Gasteiger partial charge < -0.3 is 10.5 Å². The number of nitrogens with zero attached hydrogens (tertiary/aromatic N) is 1. The summed E-state index contributed by atoms with van der Waals surface area (Å²) in [7, 11) is 0. The highest BCUT2D eigenvalue weighted by molar-refractivity contribution is 7.09. The molecule has 1 heterocycles. The van der Waals surface area contributed by atoms with Crippen LogP contribution < -0.4 is 5.73 Å². The minimum Gasteiger partial charge on any atom is -0.455 e. The Bertz CT molecular complexity index is 537. The smallest absolute Gasteiger partial charge is 0.338 e. The second-order valence-corrected chi connectivity index (χ2v) is 4.53. The molecule has 17 heavy (non-hydrogen) atoms. The van der Waals surface area contributed by atoms with Crippen molar-refractivity contribution in [3.05, 3.63) is 45.9 Å². The molecule has 4 nitrogen and oxygen atoms in total. The van der Waals surface area contributed by atoms with Crippen LogP contribution in [0, 0.1) is 6.92 Å². The summed E-state index contributed by atoms with van der Waals surface area (Å²) in [4.78, 5) is 15.9. The van der Waals surface area contributed by atoms with Crippen molar-refractivity contribution >= 4 is 23.0 Å². The van der Waals surface area contributed by atoms with Crippen molar-refractivity contribution in [1.82, 2.24) is 4.98 Å². The lowest BCUT2D eigenvalue weighted by molar-refractivity contribution is 0.0472. The van der Waals surface area contributed by atoms with Crippen LogP contribution in [0.2, 0.25) is 0 Å². The number of aryl methyl sites for hydroxylation is 1. The van der Waals surface area contributed by atoms with Gasteiger partial charge in [0.05, 0.1) is 5.56 Å². The normalized spacial score (nSPS) is 10.2. The number of anilines is 1. The summed E-state index contributed by atoms with van der Waals surface area (Å²) in [5, 5.41) is 2.71. The Morgan fingerprint density at radius 3 is 3.00 bits per heavy atom. The number of carbonyl (C=O) groups is 1. The molecule has 0 aliphatic carbocycles. The Labute approximate surface area is 103 Å².